The molecule has 2 rings (SSSR count). The van der Waals surface area contributed by atoms with E-state index in [1.54, 1.807) is 12.3 Å². The molecule has 2 aromatic rings. The zero-order chi connectivity index (χ0) is 16.1. The molecule has 0 fully saturated rings. The van der Waals surface area contributed by atoms with E-state index in [-0.39, 0.29) is 5.78 Å². The Morgan fingerprint density at radius 3 is 2.36 bits per heavy atom. The van der Waals surface area contributed by atoms with Crippen LogP contribution in [-0.4, -0.2) is 19.9 Å². The number of benzene rings is 2. The van der Waals surface area contributed by atoms with Crippen molar-refractivity contribution in [2.75, 3.05) is 24.3 Å². The van der Waals surface area contributed by atoms with E-state index in [0.717, 1.165) is 28.1 Å². The third-order valence-corrected chi connectivity index (χ3v) is 3.53. The number of hydrogen-bond donors (Lipinski definition) is 1. The standard InChI is InChI=1S/C19H22N2O/c1-14-5-6-15(2)18(13-14)19(22)11-12-20-16-7-9-17(10-8-16)21(3)4/h5-13,20H,1-4H3/b12-11+. The molecule has 2 aromatic carbocycles. The maximum absolute atomic E-state index is 12.2. The van der Waals surface area contributed by atoms with Crippen LogP contribution < -0.4 is 10.2 Å². The summed E-state index contributed by atoms with van der Waals surface area (Å²) in [6.45, 7) is 3.94. The van der Waals surface area contributed by atoms with Crippen LogP contribution >= 0.6 is 0 Å². The molecule has 0 saturated carbocycles. The van der Waals surface area contributed by atoms with Gasteiger partial charge in [-0.15, -0.1) is 0 Å². The maximum atomic E-state index is 12.2. The minimum atomic E-state index is 0.0126. The van der Waals surface area contributed by atoms with Gasteiger partial charge in [-0.3, -0.25) is 4.79 Å². The summed E-state index contributed by atoms with van der Waals surface area (Å²) in [6.07, 6.45) is 3.26. The molecule has 0 saturated heterocycles. The van der Waals surface area contributed by atoms with E-state index >= 15 is 0 Å². The highest BCUT2D eigenvalue weighted by atomic mass is 16.1. The zero-order valence-electron chi connectivity index (χ0n) is 13.6. The summed E-state index contributed by atoms with van der Waals surface area (Å²) in [7, 11) is 4.01. The molecular formula is C19H22N2O. The van der Waals surface area contributed by atoms with Gasteiger partial charge < -0.3 is 10.2 Å². The highest BCUT2D eigenvalue weighted by Crippen LogP contribution is 2.16. The molecule has 3 nitrogen and oxygen atoms in total. The number of hydrogen-bond acceptors (Lipinski definition) is 3. The van der Waals surface area contributed by atoms with Gasteiger partial charge in [-0.2, -0.15) is 0 Å². The van der Waals surface area contributed by atoms with Crippen molar-refractivity contribution in [2.45, 2.75) is 13.8 Å². The summed E-state index contributed by atoms with van der Waals surface area (Å²) in [6, 6.07) is 14.0. The molecular weight excluding hydrogens is 272 g/mol. The first-order chi connectivity index (χ1) is 10.5. The molecule has 22 heavy (non-hydrogen) atoms. The highest BCUT2D eigenvalue weighted by Gasteiger charge is 2.05. The van der Waals surface area contributed by atoms with Crippen molar-refractivity contribution in [1.29, 1.82) is 0 Å². The van der Waals surface area contributed by atoms with Gasteiger partial charge in [0.05, 0.1) is 0 Å². The van der Waals surface area contributed by atoms with Crippen LogP contribution in [0.3, 0.4) is 0 Å². The van der Waals surface area contributed by atoms with E-state index in [9.17, 15) is 4.79 Å². The van der Waals surface area contributed by atoms with Crippen LogP contribution in [0.15, 0.2) is 54.7 Å². The van der Waals surface area contributed by atoms with Crippen molar-refractivity contribution < 1.29 is 4.79 Å². The van der Waals surface area contributed by atoms with Crippen LogP contribution in [0.4, 0.5) is 11.4 Å². The van der Waals surface area contributed by atoms with E-state index in [0.29, 0.717) is 0 Å². The van der Waals surface area contributed by atoms with E-state index in [4.69, 9.17) is 0 Å². The number of anilines is 2. The Kier molecular flexibility index (Phi) is 4.99. The topological polar surface area (TPSA) is 32.3 Å². The third-order valence-electron chi connectivity index (χ3n) is 3.53. The number of aryl methyl sites for hydroxylation is 2. The molecule has 0 aliphatic heterocycles. The number of rotatable bonds is 5. The van der Waals surface area contributed by atoms with Crippen LogP contribution in [0.5, 0.6) is 0 Å². The third kappa shape index (κ3) is 3.98. The normalized spacial score (nSPS) is 10.7. The van der Waals surface area contributed by atoms with E-state index < -0.39 is 0 Å². The molecule has 1 N–H and O–H groups in total. The fraction of sp³-hybridized carbons (Fsp3) is 0.211. The van der Waals surface area contributed by atoms with Gasteiger partial charge in [-0.25, -0.2) is 0 Å². The van der Waals surface area contributed by atoms with Crippen LogP contribution in [0.2, 0.25) is 0 Å². The van der Waals surface area contributed by atoms with Crippen LogP contribution in [0.1, 0.15) is 21.5 Å². The molecule has 0 radical (unpaired) electrons. The number of nitrogens with zero attached hydrogens (tertiary/aromatic N) is 1. The van der Waals surface area contributed by atoms with Crippen molar-refractivity contribution in [1.82, 2.24) is 0 Å². The van der Waals surface area contributed by atoms with Crippen LogP contribution in [-0.2, 0) is 0 Å². The summed E-state index contributed by atoms with van der Waals surface area (Å²) < 4.78 is 0. The van der Waals surface area contributed by atoms with E-state index in [2.05, 4.69) is 5.32 Å². The lowest BCUT2D eigenvalue weighted by molar-refractivity contribution is 0.104. The fourth-order valence-electron chi connectivity index (χ4n) is 2.16. The minimum absolute atomic E-state index is 0.0126. The van der Waals surface area contributed by atoms with Gasteiger partial charge in [0.2, 0.25) is 0 Å². The first kappa shape index (κ1) is 15.8. The van der Waals surface area contributed by atoms with E-state index in [1.807, 2.05) is 75.3 Å². The Balaban J connectivity index is 2.02. The second-order valence-electron chi connectivity index (χ2n) is 5.60. The number of nitrogens with one attached hydrogen (secondary N) is 1. The van der Waals surface area contributed by atoms with Crippen LogP contribution in [0.25, 0.3) is 0 Å². The highest BCUT2D eigenvalue weighted by molar-refractivity contribution is 6.05. The average molecular weight is 294 g/mol. The van der Waals surface area contributed by atoms with Gasteiger partial charge in [0.15, 0.2) is 5.78 Å². The lowest BCUT2D eigenvalue weighted by Gasteiger charge is -2.12. The first-order valence-corrected chi connectivity index (χ1v) is 7.29. The Bertz CT molecular complexity index is 685. The molecule has 0 aliphatic carbocycles. The Labute approximate surface area is 132 Å². The molecule has 0 aromatic heterocycles. The number of allylic oxidation sites excluding steroid dienone is 1. The molecule has 0 atom stereocenters. The van der Waals surface area contributed by atoms with Crippen LogP contribution in [0, 0.1) is 13.8 Å². The number of carbonyl (C=O) groups excluding carboxylic acids is 1. The zero-order valence-corrected chi connectivity index (χ0v) is 13.6. The van der Waals surface area contributed by atoms with Gasteiger partial charge in [0.1, 0.15) is 0 Å². The smallest absolute Gasteiger partial charge is 0.187 e. The van der Waals surface area contributed by atoms with Gasteiger partial charge in [0, 0.05) is 43.3 Å². The summed E-state index contributed by atoms with van der Waals surface area (Å²) in [5.41, 5.74) is 4.93. The fourth-order valence-corrected chi connectivity index (χ4v) is 2.16. The molecule has 0 aliphatic rings. The van der Waals surface area contributed by atoms with Gasteiger partial charge in [0.25, 0.3) is 0 Å². The van der Waals surface area contributed by atoms with Crippen molar-refractivity contribution in [3.8, 4) is 0 Å². The van der Waals surface area contributed by atoms with Gasteiger partial charge >= 0.3 is 0 Å². The van der Waals surface area contributed by atoms with E-state index in [1.165, 1.54) is 0 Å². The molecule has 0 heterocycles. The Morgan fingerprint density at radius 2 is 1.73 bits per heavy atom. The van der Waals surface area contributed by atoms with Crippen molar-refractivity contribution in [2.24, 2.45) is 0 Å². The Morgan fingerprint density at radius 1 is 1.05 bits per heavy atom. The summed E-state index contributed by atoms with van der Waals surface area (Å²) >= 11 is 0. The van der Waals surface area contributed by atoms with Crippen molar-refractivity contribution in [3.05, 3.63) is 71.4 Å². The molecule has 0 unspecified atom stereocenters. The molecule has 3 heteroatoms. The maximum Gasteiger partial charge on any atom is 0.187 e. The summed E-state index contributed by atoms with van der Waals surface area (Å²) in [5.74, 6) is 0.0126. The second-order valence-corrected chi connectivity index (χ2v) is 5.60. The summed E-state index contributed by atoms with van der Waals surface area (Å²) in [5, 5.41) is 3.13. The SMILES string of the molecule is Cc1ccc(C)c(C(=O)/C=C/Nc2ccc(N(C)C)cc2)c1. The molecule has 0 amide bonds. The van der Waals surface area contributed by atoms with Gasteiger partial charge in [-0.05, 0) is 49.7 Å². The van der Waals surface area contributed by atoms with Crippen molar-refractivity contribution >= 4 is 17.2 Å². The lowest BCUT2D eigenvalue weighted by atomic mass is 10.0. The minimum Gasteiger partial charge on any atom is -0.378 e. The monoisotopic (exact) mass is 294 g/mol. The molecule has 114 valence electrons. The average Bonchev–Trinajstić information content (AvgIpc) is 2.50. The van der Waals surface area contributed by atoms with Crippen molar-refractivity contribution in [3.63, 3.8) is 0 Å². The van der Waals surface area contributed by atoms with Gasteiger partial charge in [-0.1, -0.05) is 17.7 Å². The predicted octanol–water partition coefficient (Wildman–Crippen LogP) is 4.18. The first-order valence-electron chi connectivity index (χ1n) is 7.29. The summed E-state index contributed by atoms with van der Waals surface area (Å²) in [4.78, 5) is 14.3. The quantitative estimate of drug-likeness (QED) is 0.663. The number of carbonyl (C=O) groups is 1. The number of ketones is 1. The second kappa shape index (κ2) is 6.94. The lowest BCUT2D eigenvalue weighted by Crippen LogP contribution is -2.08. The molecule has 0 spiro atoms. The molecule has 0 bridgehead atoms. The Hall–Kier alpha value is -2.55. The largest absolute Gasteiger partial charge is 0.378 e. The predicted molar refractivity (Wildman–Crippen MR) is 93.8 cm³/mol.